The maximum absolute atomic E-state index is 10.4. The molecule has 1 aromatic carbocycles. The van der Waals surface area contributed by atoms with Crippen LogP contribution in [-0.4, -0.2) is 16.7 Å². The second kappa shape index (κ2) is 4.33. The van der Waals surface area contributed by atoms with Crippen LogP contribution < -0.4 is 5.73 Å². The average molecular weight is 205 g/mol. The van der Waals surface area contributed by atoms with Crippen molar-refractivity contribution in [1.29, 1.82) is 0 Å². The monoisotopic (exact) mass is 205 g/mol. The molecule has 2 nitrogen and oxygen atoms in total. The van der Waals surface area contributed by atoms with Crippen molar-refractivity contribution in [1.82, 2.24) is 0 Å². The number of benzene rings is 1. The lowest BCUT2D eigenvalue weighted by Crippen LogP contribution is -2.40. The van der Waals surface area contributed by atoms with Gasteiger partial charge in [-0.1, -0.05) is 30.3 Å². The lowest BCUT2D eigenvalue weighted by Gasteiger charge is -2.34. The summed E-state index contributed by atoms with van der Waals surface area (Å²) in [5.41, 5.74) is 6.54. The number of aliphatic hydroxyl groups is 1. The van der Waals surface area contributed by atoms with E-state index in [1.54, 1.807) is 0 Å². The number of nitrogens with two attached hydrogens (primary N) is 1. The SMILES string of the molecule is NC1CCC(O)(Cc2ccccc2)CC1. The molecule has 0 atom stereocenters. The Bertz CT molecular complexity index is 302. The second-order valence-electron chi connectivity index (χ2n) is 4.72. The number of hydrogen-bond acceptors (Lipinski definition) is 2. The Morgan fingerprint density at radius 3 is 2.40 bits per heavy atom. The van der Waals surface area contributed by atoms with Crippen LogP contribution in [0.5, 0.6) is 0 Å². The van der Waals surface area contributed by atoms with Crippen LogP contribution in [0.1, 0.15) is 31.2 Å². The Morgan fingerprint density at radius 2 is 1.80 bits per heavy atom. The van der Waals surface area contributed by atoms with E-state index in [2.05, 4.69) is 12.1 Å². The summed E-state index contributed by atoms with van der Waals surface area (Å²) in [7, 11) is 0. The van der Waals surface area contributed by atoms with Gasteiger partial charge in [0.05, 0.1) is 5.60 Å². The van der Waals surface area contributed by atoms with E-state index < -0.39 is 5.60 Å². The number of rotatable bonds is 2. The highest BCUT2D eigenvalue weighted by Gasteiger charge is 2.31. The van der Waals surface area contributed by atoms with Crippen LogP contribution in [0.3, 0.4) is 0 Å². The van der Waals surface area contributed by atoms with E-state index in [1.807, 2.05) is 18.2 Å². The molecular formula is C13H19NO. The standard InChI is InChI=1S/C13H19NO/c14-12-6-8-13(15,9-7-12)10-11-4-2-1-3-5-11/h1-5,12,15H,6-10,14H2. The summed E-state index contributed by atoms with van der Waals surface area (Å²) in [6, 6.07) is 10.5. The third-order valence-corrected chi connectivity index (χ3v) is 3.34. The van der Waals surface area contributed by atoms with E-state index in [-0.39, 0.29) is 0 Å². The average Bonchev–Trinajstić information content (AvgIpc) is 2.24. The summed E-state index contributed by atoms with van der Waals surface area (Å²) in [5, 5.41) is 10.4. The Hall–Kier alpha value is -0.860. The lowest BCUT2D eigenvalue weighted by atomic mass is 9.79. The third-order valence-electron chi connectivity index (χ3n) is 3.34. The second-order valence-corrected chi connectivity index (χ2v) is 4.72. The van der Waals surface area contributed by atoms with Gasteiger partial charge in [-0.05, 0) is 31.2 Å². The maximum Gasteiger partial charge on any atom is 0.0689 e. The summed E-state index contributed by atoms with van der Waals surface area (Å²) in [6.07, 6.45) is 4.33. The molecule has 15 heavy (non-hydrogen) atoms. The van der Waals surface area contributed by atoms with E-state index >= 15 is 0 Å². The zero-order chi connectivity index (χ0) is 10.7. The predicted octanol–water partition coefficient (Wildman–Crippen LogP) is 1.86. The van der Waals surface area contributed by atoms with Crippen LogP contribution in [-0.2, 0) is 6.42 Å². The molecule has 2 rings (SSSR count). The van der Waals surface area contributed by atoms with Gasteiger partial charge in [0.1, 0.15) is 0 Å². The molecule has 0 spiro atoms. The zero-order valence-electron chi connectivity index (χ0n) is 9.02. The van der Waals surface area contributed by atoms with E-state index in [0.717, 1.165) is 32.1 Å². The van der Waals surface area contributed by atoms with Crippen molar-refractivity contribution in [2.45, 2.75) is 43.7 Å². The molecule has 0 radical (unpaired) electrons. The van der Waals surface area contributed by atoms with Gasteiger partial charge in [0.25, 0.3) is 0 Å². The van der Waals surface area contributed by atoms with E-state index in [0.29, 0.717) is 6.04 Å². The van der Waals surface area contributed by atoms with Crippen LogP contribution in [0.2, 0.25) is 0 Å². The molecule has 0 heterocycles. The maximum atomic E-state index is 10.4. The fourth-order valence-electron chi connectivity index (χ4n) is 2.33. The molecule has 1 aromatic rings. The Balaban J connectivity index is 1.99. The summed E-state index contributed by atoms with van der Waals surface area (Å²) >= 11 is 0. The van der Waals surface area contributed by atoms with Crippen molar-refractivity contribution in [3.8, 4) is 0 Å². The highest BCUT2D eigenvalue weighted by molar-refractivity contribution is 5.17. The van der Waals surface area contributed by atoms with Crippen molar-refractivity contribution in [2.24, 2.45) is 5.73 Å². The van der Waals surface area contributed by atoms with Gasteiger partial charge in [-0.2, -0.15) is 0 Å². The highest BCUT2D eigenvalue weighted by Crippen LogP contribution is 2.30. The first kappa shape index (κ1) is 10.7. The van der Waals surface area contributed by atoms with Gasteiger partial charge in [-0.3, -0.25) is 0 Å². The van der Waals surface area contributed by atoms with Gasteiger partial charge in [-0.25, -0.2) is 0 Å². The summed E-state index contributed by atoms with van der Waals surface area (Å²) in [6.45, 7) is 0. The number of hydrogen-bond donors (Lipinski definition) is 2. The first-order chi connectivity index (χ1) is 7.18. The molecule has 1 saturated carbocycles. The minimum Gasteiger partial charge on any atom is -0.390 e. The van der Waals surface area contributed by atoms with Gasteiger partial charge >= 0.3 is 0 Å². The first-order valence-corrected chi connectivity index (χ1v) is 5.70. The molecule has 1 aliphatic carbocycles. The van der Waals surface area contributed by atoms with Crippen LogP contribution in [0.25, 0.3) is 0 Å². The van der Waals surface area contributed by atoms with Crippen LogP contribution >= 0.6 is 0 Å². The molecule has 1 fully saturated rings. The molecule has 2 heteroatoms. The molecule has 0 amide bonds. The molecule has 0 saturated heterocycles. The molecular weight excluding hydrogens is 186 g/mol. The third kappa shape index (κ3) is 2.80. The lowest BCUT2D eigenvalue weighted by molar-refractivity contribution is 0.000217. The normalized spacial score (nSPS) is 31.5. The fourth-order valence-corrected chi connectivity index (χ4v) is 2.33. The van der Waals surface area contributed by atoms with Crippen LogP contribution in [0, 0.1) is 0 Å². The summed E-state index contributed by atoms with van der Waals surface area (Å²) < 4.78 is 0. The van der Waals surface area contributed by atoms with E-state index in [1.165, 1.54) is 5.56 Å². The van der Waals surface area contributed by atoms with Gasteiger partial charge < -0.3 is 10.8 Å². The molecule has 0 aliphatic heterocycles. The van der Waals surface area contributed by atoms with Gasteiger partial charge in [0.15, 0.2) is 0 Å². The molecule has 3 N–H and O–H groups in total. The molecule has 0 bridgehead atoms. The minimum atomic E-state index is -0.517. The first-order valence-electron chi connectivity index (χ1n) is 5.70. The molecule has 0 unspecified atom stereocenters. The Morgan fingerprint density at radius 1 is 1.20 bits per heavy atom. The molecule has 1 aliphatic rings. The predicted molar refractivity (Wildman–Crippen MR) is 61.5 cm³/mol. The summed E-state index contributed by atoms with van der Waals surface area (Å²) in [5.74, 6) is 0. The topological polar surface area (TPSA) is 46.2 Å². The Labute approximate surface area is 91.1 Å². The van der Waals surface area contributed by atoms with Crippen molar-refractivity contribution in [3.05, 3.63) is 35.9 Å². The van der Waals surface area contributed by atoms with Crippen molar-refractivity contribution in [3.63, 3.8) is 0 Å². The molecule has 82 valence electrons. The smallest absolute Gasteiger partial charge is 0.0689 e. The van der Waals surface area contributed by atoms with E-state index in [4.69, 9.17) is 5.73 Å². The van der Waals surface area contributed by atoms with Gasteiger partial charge in [0.2, 0.25) is 0 Å². The van der Waals surface area contributed by atoms with Crippen LogP contribution in [0.4, 0.5) is 0 Å². The largest absolute Gasteiger partial charge is 0.390 e. The van der Waals surface area contributed by atoms with Crippen molar-refractivity contribution >= 4 is 0 Å². The van der Waals surface area contributed by atoms with Crippen molar-refractivity contribution in [2.75, 3.05) is 0 Å². The van der Waals surface area contributed by atoms with Gasteiger partial charge in [0, 0.05) is 12.5 Å². The minimum absolute atomic E-state index is 0.293. The van der Waals surface area contributed by atoms with E-state index in [9.17, 15) is 5.11 Å². The van der Waals surface area contributed by atoms with Crippen molar-refractivity contribution < 1.29 is 5.11 Å². The zero-order valence-corrected chi connectivity index (χ0v) is 9.02. The van der Waals surface area contributed by atoms with Gasteiger partial charge in [-0.15, -0.1) is 0 Å². The fraction of sp³-hybridized carbons (Fsp3) is 0.538. The Kier molecular flexibility index (Phi) is 3.08. The highest BCUT2D eigenvalue weighted by atomic mass is 16.3. The summed E-state index contributed by atoms with van der Waals surface area (Å²) in [4.78, 5) is 0. The molecule has 0 aromatic heterocycles. The van der Waals surface area contributed by atoms with Crippen LogP contribution in [0.15, 0.2) is 30.3 Å². The quantitative estimate of drug-likeness (QED) is 0.774.